The Hall–Kier alpha value is -2.04. The molecule has 5 nitrogen and oxygen atoms in total. The number of hydrogen-bond acceptors (Lipinski definition) is 3. The SMILES string of the molecule is CCCN1C(=O)COc2ccc(NC(=O)C(C)C)cc21. The molecule has 0 unspecified atom stereocenters. The van der Waals surface area contributed by atoms with E-state index in [4.69, 9.17) is 4.74 Å². The van der Waals surface area contributed by atoms with Gasteiger partial charge in [-0.05, 0) is 24.6 Å². The molecule has 1 aromatic carbocycles. The first-order chi connectivity index (χ1) is 9.52. The zero-order chi connectivity index (χ0) is 14.7. The van der Waals surface area contributed by atoms with Crippen molar-refractivity contribution in [2.45, 2.75) is 27.2 Å². The number of rotatable bonds is 4. The van der Waals surface area contributed by atoms with E-state index < -0.39 is 0 Å². The molecule has 1 heterocycles. The van der Waals surface area contributed by atoms with Gasteiger partial charge in [-0.15, -0.1) is 0 Å². The number of carbonyl (C=O) groups is 2. The van der Waals surface area contributed by atoms with E-state index in [2.05, 4.69) is 5.32 Å². The minimum absolute atomic E-state index is 0.0463. The first-order valence-electron chi connectivity index (χ1n) is 6.91. The Morgan fingerprint density at radius 3 is 2.85 bits per heavy atom. The Bertz CT molecular complexity index is 526. The van der Waals surface area contributed by atoms with E-state index in [1.807, 2.05) is 20.8 Å². The summed E-state index contributed by atoms with van der Waals surface area (Å²) in [6.45, 7) is 6.42. The molecule has 0 aromatic heterocycles. The van der Waals surface area contributed by atoms with Gasteiger partial charge in [-0.1, -0.05) is 20.8 Å². The second-order valence-electron chi connectivity index (χ2n) is 5.16. The highest BCUT2D eigenvalue weighted by Crippen LogP contribution is 2.34. The number of nitrogens with one attached hydrogen (secondary N) is 1. The standard InChI is InChI=1S/C15H20N2O3/c1-4-7-17-12-8-11(16-15(19)10(2)3)5-6-13(12)20-9-14(17)18/h5-6,8,10H,4,7,9H2,1-3H3,(H,16,19). The van der Waals surface area contributed by atoms with Gasteiger partial charge in [-0.25, -0.2) is 0 Å². The van der Waals surface area contributed by atoms with Gasteiger partial charge in [0.2, 0.25) is 5.91 Å². The molecule has 1 N–H and O–H groups in total. The van der Waals surface area contributed by atoms with Crippen molar-refractivity contribution in [2.24, 2.45) is 5.92 Å². The van der Waals surface area contributed by atoms with Crippen LogP contribution in [-0.4, -0.2) is 25.0 Å². The summed E-state index contributed by atoms with van der Waals surface area (Å²) in [6, 6.07) is 5.38. The van der Waals surface area contributed by atoms with Crippen molar-refractivity contribution in [1.82, 2.24) is 0 Å². The van der Waals surface area contributed by atoms with Crippen LogP contribution in [-0.2, 0) is 9.59 Å². The molecule has 1 aliphatic heterocycles. The topological polar surface area (TPSA) is 58.6 Å². The van der Waals surface area contributed by atoms with E-state index in [-0.39, 0.29) is 24.3 Å². The predicted molar refractivity (Wildman–Crippen MR) is 78.0 cm³/mol. The van der Waals surface area contributed by atoms with E-state index in [1.165, 1.54) is 0 Å². The lowest BCUT2D eigenvalue weighted by Gasteiger charge is -2.29. The van der Waals surface area contributed by atoms with Crippen LogP contribution in [0, 0.1) is 5.92 Å². The van der Waals surface area contributed by atoms with Crippen molar-refractivity contribution in [3.8, 4) is 5.75 Å². The molecular formula is C15H20N2O3. The molecule has 108 valence electrons. The van der Waals surface area contributed by atoms with Gasteiger partial charge in [-0.2, -0.15) is 0 Å². The zero-order valence-electron chi connectivity index (χ0n) is 12.1. The van der Waals surface area contributed by atoms with Gasteiger partial charge >= 0.3 is 0 Å². The molecule has 0 saturated heterocycles. The molecule has 0 bridgehead atoms. The Morgan fingerprint density at radius 1 is 1.45 bits per heavy atom. The number of hydrogen-bond donors (Lipinski definition) is 1. The predicted octanol–water partition coefficient (Wildman–Crippen LogP) is 2.42. The summed E-state index contributed by atoms with van der Waals surface area (Å²) < 4.78 is 5.42. The fourth-order valence-electron chi connectivity index (χ4n) is 2.04. The van der Waals surface area contributed by atoms with Crippen LogP contribution < -0.4 is 15.0 Å². The lowest BCUT2D eigenvalue weighted by atomic mass is 10.1. The summed E-state index contributed by atoms with van der Waals surface area (Å²) in [5.74, 6) is 0.498. The molecule has 1 aliphatic rings. The molecule has 0 saturated carbocycles. The second kappa shape index (κ2) is 5.94. The third-order valence-electron chi connectivity index (χ3n) is 3.14. The van der Waals surface area contributed by atoms with Crippen molar-refractivity contribution < 1.29 is 14.3 Å². The number of amides is 2. The summed E-state index contributed by atoms with van der Waals surface area (Å²) in [6.07, 6.45) is 0.869. The van der Waals surface area contributed by atoms with Gasteiger partial charge in [0.1, 0.15) is 5.75 Å². The maximum Gasteiger partial charge on any atom is 0.265 e. The number of ether oxygens (including phenoxy) is 1. The van der Waals surface area contributed by atoms with E-state index in [1.54, 1.807) is 23.1 Å². The van der Waals surface area contributed by atoms with Gasteiger partial charge in [0, 0.05) is 18.2 Å². The summed E-state index contributed by atoms with van der Waals surface area (Å²) >= 11 is 0. The fraction of sp³-hybridized carbons (Fsp3) is 0.467. The maximum absolute atomic E-state index is 11.9. The number of anilines is 2. The first kappa shape index (κ1) is 14.4. The lowest BCUT2D eigenvalue weighted by molar-refractivity contribution is -0.121. The molecule has 5 heteroatoms. The van der Waals surface area contributed by atoms with Crippen LogP contribution in [0.2, 0.25) is 0 Å². The summed E-state index contributed by atoms with van der Waals surface area (Å²) in [5, 5.41) is 2.84. The highest BCUT2D eigenvalue weighted by Gasteiger charge is 2.25. The van der Waals surface area contributed by atoms with Crippen LogP contribution >= 0.6 is 0 Å². The smallest absolute Gasteiger partial charge is 0.265 e. The van der Waals surface area contributed by atoms with E-state index in [0.717, 1.165) is 12.1 Å². The Labute approximate surface area is 118 Å². The molecule has 0 aliphatic carbocycles. The summed E-state index contributed by atoms with van der Waals surface area (Å²) in [4.78, 5) is 25.3. The highest BCUT2D eigenvalue weighted by atomic mass is 16.5. The normalized spacial score (nSPS) is 14.0. The molecular weight excluding hydrogens is 256 g/mol. The monoisotopic (exact) mass is 276 g/mol. The fourth-order valence-corrected chi connectivity index (χ4v) is 2.04. The molecule has 2 rings (SSSR count). The van der Waals surface area contributed by atoms with E-state index >= 15 is 0 Å². The third kappa shape index (κ3) is 2.92. The second-order valence-corrected chi connectivity index (χ2v) is 5.16. The largest absolute Gasteiger partial charge is 0.482 e. The molecule has 0 radical (unpaired) electrons. The number of fused-ring (bicyclic) bond motifs is 1. The molecule has 0 atom stereocenters. The van der Waals surface area contributed by atoms with Crippen LogP contribution in [0.1, 0.15) is 27.2 Å². The Morgan fingerprint density at radius 2 is 2.20 bits per heavy atom. The summed E-state index contributed by atoms with van der Waals surface area (Å²) in [5.41, 5.74) is 1.41. The first-order valence-corrected chi connectivity index (χ1v) is 6.91. The minimum atomic E-state index is -0.0874. The maximum atomic E-state index is 11.9. The van der Waals surface area contributed by atoms with E-state index in [0.29, 0.717) is 18.0 Å². The highest BCUT2D eigenvalue weighted by molar-refractivity contribution is 5.99. The van der Waals surface area contributed by atoms with Gasteiger partial charge < -0.3 is 15.0 Å². The van der Waals surface area contributed by atoms with Crippen molar-refractivity contribution in [2.75, 3.05) is 23.4 Å². The van der Waals surface area contributed by atoms with Gasteiger partial charge in [-0.3, -0.25) is 9.59 Å². The van der Waals surface area contributed by atoms with Gasteiger partial charge in [0.05, 0.1) is 5.69 Å². The van der Waals surface area contributed by atoms with Crippen molar-refractivity contribution >= 4 is 23.2 Å². The van der Waals surface area contributed by atoms with Crippen LogP contribution in [0.3, 0.4) is 0 Å². The summed E-state index contributed by atoms with van der Waals surface area (Å²) in [7, 11) is 0. The average molecular weight is 276 g/mol. The lowest BCUT2D eigenvalue weighted by Crippen LogP contribution is -2.39. The van der Waals surface area contributed by atoms with Gasteiger partial charge in [0.25, 0.3) is 5.91 Å². The molecule has 2 amide bonds. The number of carbonyl (C=O) groups excluding carboxylic acids is 2. The quantitative estimate of drug-likeness (QED) is 0.918. The Kier molecular flexibility index (Phi) is 4.27. The van der Waals surface area contributed by atoms with Crippen molar-refractivity contribution in [3.05, 3.63) is 18.2 Å². The van der Waals surface area contributed by atoms with Crippen molar-refractivity contribution in [3.63, 3.8) is 0 Å². The van der Waals surface area contributed by atoms with Crippen LogP contribution in [0.4, 0.5) is 11.4 Å². The molecule has 0 spiro atoms. The minimum Gasteiger partial charge on any atom is -0.482 e. The Balaban J connectivity index is 2.28. The zero-order valence-corrected chi connectivity index (χ0v) is 12.1. The third-order valence-corrected chi connectivity index (χ3v) is 3.14. The van der Waals surface area contributed by atoms with Crippen LogP contribution in [0.5, 0.6) is 5.75 Å². The number of nitrogens with zero attached hydrogens (tertiary/aromatic N) is 1. The van der Waals surface area contributed by atoms with Crippen LogP contribution in [0.15, 0.2) is 18.2 Å². The van der Waals surface area contributed by atoms with E-state index in [9.17, 15) is 9.59 Å². The van der Waals surface area contributed by atoms with Crippen LogP contribution in [0.25, 0.3) is 0 Å². The molecule has 1 aromatic rings. The molecule has 0 fully saturated rings. The van der Waals surface area contributed by atoms with Gasteiger partial charge in [0.15, 0.2) is 6.61 Å². The molecule has 20 heavy (non-hydrogen) atoms. The average Bonchev–Trinajstić information content (AvgIpc) is 2.42. The number of benzene rings is 1. The van der Waals surface area contributed by atoms with Crippen molar-refractivity contribution in [1.29, 1.82) is 0 Å².